The standard InChI is InChI=1S/C9H18N4OS/c1-6(5-13(2)3)11-9-7(14-4)8(10)12-15-9/h6,11H,5H2,1-4H3,(H2,10,12). The molecule has 1 unspecified atom stereocenters. The first-order valence-corrected chi connectivity index (χ1v) is 5.52. The maximum Gasteiger partial charge on any atom is 0.197 e. The van der Waals surface area contributed by atoms with Crippen LogP contribution in [0.4, 0.5) is 10.8 Å². The molecule has 0 aromatic carbocycles. The van der Waals surface area contributed by atoms with Gasteiger partial charge in [0.2, 0.25) is 0 Å². The Labute approximate surface area is 94.4 Å². The second-order valence-electron chi connectivity index (χ2n) is 3.74. The largest absolute Gasteiger partial charge is 0.490 e. The highest BCUT2D eigenvalue weighted by Gasteiger charge is 2.14. The van der Waals surface area contributed by atoms with Gasteiger partial charge in [-0.25, -0.2) is 0 Å². The van der Waals surface area contributed by atoms with Crippen LogP contribution in [-0.2, 0) is 0 Å². The molecule has 1 aromatic heterocycles. The molecule has 1 aromatic rings. The van der Waals surface area contributed by atoms with Crippen LogP contribution in [-0.4, -0.2) is 43.1 Å². The zero-order chi connectivity index (χ0) is 11.4. The van der Waals surface area contributed by atoms with E-state index in [1.54, 1.807) is 7.11 Å². The lowest BCUT2D eigenvalue weighted by Gasteiger charge is -2.18. The van der Waals surface area contributed by atoms with Crippen LogP contribution in [0.25, 0.3) is 0 Å². The van der Waals surface area contributed by atoms with Crippen LogP contribution < -0.4 is 15.8 Å². The molecule has 0 saturated heterocycles. The molecule has 0 amide bonds. The minimum atomic E-state index is 0.328. The molecule has 6 heteroatoms. The molecule has 0 radical (unpaired) electrons. The van der Waals surface area contributed by atoms with E-state index in [9.17, 15) is 0 Å². The molecule has 0 bridgehead atoms. The van der Waals surface area contributed by atoms with Crippen molar-refractivity contribution in [3.05, 3.63) is 0 Å². The number of nitrogens with one attached hydrogen (secondary N) is 1. The van der Waals surface area contributed by atoms with Crippen LogP contribution in [0.3, 0.4) is 0 Å². The van der Waals surface area contributed by atoms with Crippen molar-refractivity contribution in [1.82, 2.24) is 9.27 Å². The van der Waals surface area contributed by atoms with Gasteiger partial charge in [-0.05, 0) is 32.6 Å². The van der Waals surface area contributed by atoms with E-state index in [2.05, 4.69) is 21.5 Å². The number of hydrogen-bond donors (Lipinski definition) is 2. The van der Waals surface area contributed by atoms with Crippen molar-refractivity contribution in [3.63, 3.8) is 0 Å². The van der Waals surface area contributed by atoms with E-state index in [4.69, 9.17) is 10.5 Å². The van der Waals surface area contributed by atoms with Crippen LogP contribution >= 0.6 is 11.5 Å². The zero-order valence-corrected chi connectivity index (χ0v) is 10.4. The highest BCUT2D eigenvalue weighted by molar-refractivity contribution is 7.11. The molecule has 0 aliphatic heterocycles. The molecule has 0 aliphatic rings. The summed E-state index contributed by atoms with van der Waals surface area (Å²) in [5, 5.41) is 4.22. The number of ether oxygens (including phenoxy) is 1. The van der Waals surface area contributed by atoms with Crippen LogP contribution in [0.15, 0.2) is 0 Å². The summed E-state index contributed by atoms with van der Waals surface area (Å²) in [6.07, 6.45) is 0. The number of rotatable bonds is 5. The molecule has 3 N–H and O–H groups in total. The predicted molar refractivity (Wildman–Crippen MR) is 64.7 cm³/mol. The van der Waals surface area contributed by atoms with E-state index in [-0.39, 0.29) is 0 Å². The fourth-order valence-corrected chi connectivity index (χ4v) is 2.20. The van der Waals surface area contributed by atoms with Crippen molar-refractivity contribution >= 4 is 22.4 Å². The fourth-order valence-electron chi connectivity index (χ4n) is 1.40. The lowest BCUT2D eigenvalue weighted by atomic mass is 10.3. The minimum Gasteiger partial charge on any atom is -0.490 e. The number of methoxy groups -OCH3 is 1. The van der Waals surface area contributed by atoms with Gasteiger partial charge in [-0.1, -0.05) is 0 Å². The Hall–Kier alpha value is -1.01. The molecule has 86 valence electrons. The van der Waals surface area contributed by atoms with Gasteiger partial charge in [0.25, 0.3) is 0 Å². The number of hydrogen-bond acceptors (Lipinski definition) is 6. The number of aromatic nitrogens is 1. The Bertz CT molecular complexity index is 313. The van der Waals surface area contributed by atoms with Crippen LogP contribution in [0.1, 0.15) is 6.92 Å². The van der Waals surface area contributed by atoms with Gasteiger partial charge < -0.3 is 20.7 Å². The summed E-state index contributed by atoms with van der Waals surface area (Å²) in [6, 6.07) is 0.328. The number of anilines is 2. The highest BCUT2D eigenvalue weighted by Crippen LogP contribution is 2.34. The molecule has 0 aliphatic carbocycles. The Morgan fingerprint density at radius 2 is 2.27 bits per heavy atom. The molecular weight excluding hydrogens is 212 g/mol. The quantitative estimate of drug-likeness (QED) is 0.793. The topological polar surface area (TPSA) is 63.4 Å². The Kier molecular flexibility index (Phi) is 4.16. The van der Waals surface area contributed by atoms with Gasteiger partial charge in [-0.3, -0.25) is 0 Å². The predicted octanol–water partition coefficient (Wildman–Crippen LogP) is 1.10. The third kappa shape index (κ3) is 3.24. The summed E-state index contributed by atoms with van der Waals surface area (Å²) in [6.45, 7) is 3.05. The third-order valence-corrected chi connectivity index (χ3v) is 2.67. The molecule has 1 atom stereocenters. The first-order chi connectivity index (χ1) is 7.04. The summed E-state index contributed by atoms with van der Waals surface area (Å²) >= 11 is 1.33. The average Bonchev–Trinajstić information content (AvgIpc) is 2.45. The third-order valence-electron chi connectivity index (χ3n) is 1.89. The fraction of sp³-hybridized carbons (Fsp3) is 0.667. The summed E-state index contributed by atoms with van der Waals surface area (Å²) in [4.78, 5) is 2.12. The van der Waals surface area contributed by atoms with E-state index in [1.807, 2.05) is 14.1 Å². The highest BCUT2D eigenvalue weighted by atomic mass is 32.1. The lowest BCUT2D eigenvalue weighted by Crippen LogP contribution is -2.29. The first-order valence-electron chi connectivity index (χ1n) is 4.75. The molecule has 0 saturated carbocycles. The van der Waals surface area contributed by atoms with Crippen molar-refractivity contribution in [1.29, 1.82) is 0 Å². The van der Waals surface area contributed by atoms with Crippen molar-refractivity contribution in [3.8, 4) is 5.75 Å². The van der Waals surface area contributed by atoms with Gasteiger partial charge in [0.15, 0.2) is 16.6 Å². The van der Waals surface area contributed by atoms with E-state index in [1.165, 1.54) is 11.5 Å². The van der Waals surface area contributed by atoms with Gasteiger partial charge >= 0.3 is 0 Å². The monoisotopic (exact) mass is 230 g/mol. The van der Waals surface area contributed by atoms with Gasteiger partial charge in [0.05, 0.1) is 7.11 Å². The van der Waals surface area contributed by atoms with Crippen molar-refractivity contribution in [2.75, 3.05) is 38.8 Å². The lowest BCUT2D eigenvalue weighted by molar-refractivity contribution is 0.390. The number of nitrogen functional groups attached to an aromatic ring is 1. The van der Waals surface area contributed by atoms with Crippen molar-refractivity contribution in [2.24, 2.45) is 0 Å². The Balaban J connectivity index is 2.63. The average molecular weight is 230 g/mol. The summed E-state index contributed by atoms with van der Waals surface area (Å²) < 4.78 is 9.21. The maximum atomic E-state index is 5.65. The second-order valence-corrected chi connectivity index (χ2v) is 4.51. The zero-order valence-electron chi connectivity index (χ0n) is 9.57. The SMILES string of the molecule is COc1c(N)nsc1NC(C)CN(C)C. The van der Waals surface area contributed by atoms with Crippen LogP contribution in [0, 0.1) is 0 Å². The summed E-state index contributed by atoms with van der Waals surface area (Å²) in [7, 11) is 5.68. The number of nitrogens with two attached hydrogens (primary N) is 1. The number of nitrogens with zero attached hydrogens (tertiary/aromatic N) is 2. The van der Waals surface area contributed by atoms with E-state index in [0.29, 0.717) is 17.6 Å². The van der Waals surface area contributed by atoms with Gasteiger partial charge in [-0.2, -0.15) is 4.37 Å². The van der Waals surface area contributed by atoms with E-state index < -0.39 is 0 Å². The normalized spacial score (nSPS) is 12.9. The smallest absolute Gasteiger partial charge is 0.197 e. The van der Waals surface area contributed by atoms with Crippen molar-refractivity contribution in [2.45, 2.75) is 13.0 Å². The first kappa shape index (κ1) is 12.1. The molecule has 1 heterocycles. The molecular formula is C9H18N4OS. The number of likely N-dealkylation sites (N-methyl/N-ethyl adjacent to an activating group) is 1. The van der Waals surface area contributed by atoms with Gasteiger partial charge in [0, 0.05) is 12.6 Å². The summed E-state index contributed by atoms with van der Waals surface area (Å²) in [5.74, 6) is 1.09. The minimum absolute atomic E-state index is 0.328. The van der Waals surface area contributed by atoms with Crippen molar-refractivity contribution < 1.29 is 4.74 Å². The molecule has 15 heavy (non-hydrogen) atoms. The van der Waals surface area contributed by atoms with Crippen LogP contribution in [0.5, 0.6) is 5.75 Å². The van der Waals surface area contributed by atoms with E-state index >= 15 is 0 Å². The Morgan fingerprint density at radius 3 is 2.80 bits per heavy atom. The van der Waals surface area contributed by atoms with E-state index in [0.717, 1.165) is 11.5 Å². The molecule has 0 fully saturated rings. The molecule has 5 nitrogen and oxygen atoms in total. The maximum absolute atomic E-state index is 5.65. The van der Waals surface area contributed by atoms with Gasteiger partial charge in [-0.15, -0.1) is 0 Å². The second kappa shape index (κ2) is 5.18. The molecule has 1 rings (SSSR count). The molecule has 0 spiro atoms. The summed E-state index contributed by atoms with van der Waals surface area (Å²) in [5.41, 5.74) is 5.65. The van der Waals surface area contributed by atoms with Gasteiger partial charge in [0.1, 0.15) is 0 Å². The van der Waals surface area contributed by atoms with Crippen LogP contribution in [0.2, 0.25) is 0 Å². The Morgan fingerprint density at radius 1 is 1.60 bits per heavy atom.